The van der Waals surface area contributed by atoms with Gasteiger partial charge in [0.05, 0.1) is 24.5 Å². The summed E-state index contributed by atoms with van der Waals surface area (Å²) in [4.78, 5) is 29.0. The molecule has 8 nitrogen and oxygen atoms in total. The van der Waals surface area contributed by atoms with Gasteiger partial charge in [0.15, 0.2) is 0 Å². The number of piperazine rings is 1. The number of imide groups is 1. The number of carbonyl (C=O) groups excluding carboxylic acids is 2. The third-order valence-corrected chi connectivity index (χ3v) is 8.01. The maximum Gasteiger partial charge on any atom is 0.247 e. The van der Waals surface area contributed by atoms with Gasteiger partial charge in [0.1, 0.15) is 5.75 Å². The van der Waals surface area contributed by atoms with Crippen LogP contribution in [0, 0.1) is 0 Å². The van der Waals surface area contributed by atoms with E-state index in [0.717, 1.165) is 11.3 Å². The Bertz CT molecular complexity index is 1060. The normalized spacial score (nSPS) is 20.7. The predicted molar refractivity (Wildman–Crippen MR) is 119 cm³/mol. The number of nitrogens with zero attached hydrogens (tertiary/aromatic N) is 3. The van der Waals surface area contributed by atoms with E-state index in [1.54, 1.807) is 37.4 Å². The fraction of sp³-hybridized carbons (Fsp3) is 0.391. The lowest BCUT2D eigenvalue weighted by molar-refractivity contribution is -0.139. The first-order chi connectivity index (χ1) is 15.4. The summed E-state index contributed by atoms with van der Waals surface area (Å²) in [6.45, 7) is 1.76. The first-order valence-corrected chi connectivity index (χ1v) is 12.1. The van der Waals surface area contributed by atoms with Crippen LogP contribution in [0.5, 0.6) is 5.75 Å². The van der Waals surface area contributed by atoms with Crippen molar-refractivity contribution >= 4 is 21.8 Å². The monoisotopic (exact) mass is 457 g/mol. The zero-order valence-electron chi connectivity index (χ0n) is 18.0. The highest BCUT2D eigenvalue weighted by Gasteiger charge is 2.43. The molecule has 0 N–H and O–H groups in total. The van der Waals surface area contributed by atoms with Crippen molar-refractivity contribution in [2.75, 3.05) is 39.8 Å². The fourth-order valence-electron chi connectivity index (χ4n) is 4.22. The van der Waals surface area contributed by atoms with Gasteiger partial charge in [-0.25, -0.2) is 8.42 Å². The van der Waals surface area contributed by atoms with Crippen LogP contribution in [0.1, 0.15) is 12.0 Å². The van der Waals surface area contributed by atoms with Gasteiger partial charge in [-0.2, -0.15) is 4.31 Å². The van der Waals surface area contributed by atoms with E-state index in [-0.39, 0.29) is 23.1 Å². The zero-order chi connectivity index (χ0) is 22.7. The van der Waals surface area contributed by atoms with Crippen LogP contribution in [0.15, 0.2) is 59.5 Å². The number of benzene rings is 2. The molecule has 2 saturated heterocycles. The molecule has 4 rings (SSSR count). The lowest BCUT2D eigenvalue weighted by Crippen LogP contribution is -2.53. The van der Waals surface area contributed by atoms with Crippen molar-refractivity contribution in [3.63, 3.8) is 0 Å². The highest BCUT2D eigenvalue weighted by atomic mass is 32.2. The summed E-state index contributed by atoms with van der Waals surface area (Å²) in [5, 5.41) is 0. The molecule has 0 aromatic heterocycles. The molecule has 2 aromatic rings. The number of ether oxygens (including phenoxy) is 1. The Kier molecular flexibility index (Phi) is 6.59. The fourth-order valence-corrected chi connectivity index (χ4v) is 5.66. The van der Waals surface area contributed by atoms with Gasteiger partial charge in [-0.15, -0.1) is 0 Å². The van der Waals surface area contributed by atoms with Gasteiger partial charge in [0.2, 0.25) is 21.8 Å². The standard InChI is InChI=1S/C23H27N3O5S/c1-31-19-9-7-18(8-10-19)11-12-26-22(27)17-21(23(26)28)24-13-15-25(16-14-24)32(29,30)20-5-3-2-4-6-20/h2-10,21H,11-17H2,1H3/t21-/m1/s1. The second-order valence-electron chi connectivity index (χ2n) is 7.95. The van der Waals surface area contributed by atoms with E-state index >= 15 is 0 Å². The maximum atomic E-state index is 12.9. The Morgan fingerprint density at radius 1 is 0.938 bits per heavy atom. The average molecular weight is 458 g/mol. The molecular weight excluding hydrogens is 430 g/mol. The molecule has 32 heavy (non-hydrogen) atoms. The third kappa shape index (κ3) is 4.55. The first kappa shape index (κ1) is 22.4. The van der Waals surface area contributed by atoms with Crippen molar-refractivity contribution < 1.29 is 22.7 Å². The summed E-state index contributed by atoms with van der Waals surface area (Å²) in [6, 6.07) is 15.4. The van der Waals surface area contributed by atoms with Crippen LogP contribution in [-0.4, -0.2) is 80.2 Å². The van der Waals surface area contributed by atoms with Gasteiger partial charge >= 0.3 is 0 Å². The molecule has 2 aliphatic heterocycles. The summed E-state index contributed by atoms with van der Waals surface area (Å²) in [5.41, 5.74) is 1.02. The second-order valence-corrected chi connectivity index (χ2v) is 9.89. The molecule has 170 valence electrons. The van der Waals surface area contributed by atoms with Crippen LogP contribution in [0.3, 0.4) is 0 Å². The van der Waals surface area contributed by atoms with Crippen molar-refractivity contribution in [1.29, 1.82) is 0 Å². The molecule has 0 bridgehead atoms. The molecule has 0 radical (unpaired) electrons. The van der Waals surface area contributed by atoms with Crippen LogP contribution < -0.4 is 4.74 Å². The Balaban J connectivity index is 1.34. The van der Waals surface area contributed by atoms with Crippen LogP contribution >= 0.6 is 0 Å². The van der Waals surface area contributed by atoms with Crippen molar-refractivity contribution in [2.24, 2.45) is 0 Å². The zero-order valence-corrected chi connectivity index (χ0v) is 18.8. The molecule has 2 fully saturated rings. The molecule has 0 unspecified atom stereocenters. The molecule has 1 atom stereocenters. The van der Waals surface area contributed by atoms with Gasteiger partial charge in [-0.1, -0.05) is 30.3 Å². The van der Waals surface area contributed by atoms with E-state index in [2.05, 4.69) is 0 Å². The number of rotatable bonds is 7. The molecule has 2 aromatic carbocycles. The maximum absolute atomic E-state index is 12.9. The van der Waals surface area contributed by atoms with Gasteiger partial charge < -0.3 is 4.74 Å². The number of hydrogen-bond donors (Lipinski definition) is 0. The highest BCUT2D eigenvalue weighted by molar-refractivity contribution is 7.89. The number of sulfonamides is 1. The van der Waals surface area contributed by atoms with Crippen LogP contribution in [0.4, 0.5) is 0 Å². The summed E-state index contributed by atoms with van der Waals surface area (Å²) >= 11 is 0. The van der Waals surface area contributed by atoms with Crippen molar-refractivity contribution in [2.45, 2.75) is 23.8 Å². The number of likely N-dealkylation sites (tertiary alicyclic amines) is 1. The molecule has 2 aliphatic rings. The Labute approximate surface area is 188 Å². The van der Waals surface area contributed by atoms with Gasteiger partial charge in [-0.05, 0) is 36.2 Å². The van der Waals surface area contributed by atoms with E-state index in [1.165, 1.54) is 9.21 Å². The lowest BCUT2D eigenvalue weighted by Gasteiger charge is -2.36. The number of methoxy groups -OCH3 is 1. The van der Waals surface area contributed by atoms with Gasteiger partial charge in [0.25, 0.3) is 0 Å². The summed E-state index contributed by atoms with van der Waals surface area (Å²) < 4.78 is 32.2. The molecule has 2 heterocycles. The largest absolute Gasteiger partial charge is 0.497 e. The molecule has 0 aliphatic carbocycles. The predicted octanol–water partition coefficient (Wildman–Crippen LogP) is 1.37. The summed E-state index contributed by atoms with van der Waals surface area (Å²) in [5.74, 6) is 0.395. The van der Waals surface area contributed by atoms with Crippen molar-refractivity contribution in [3.05, 3.63) is 60.2 Å². The van der Waals surface area contributed by atoms with E-state index in [9.17, 15) is 18.0 Å². The molecule has 9 heteroatoms. The second kappa shape index (κ2) is 9.40. The lowest BCUT2D eigenvalue weighted by atomic mass is 10.1. The topological polar surface area (TPSA) is 87.2 Å². The highest BCUT2D eigenvalue weighted by Crippen LogP contribution is 2.23. The van der Waals surface area contributed by atoms with Gasteiger partial charge in [0, 0.05) is 32.7 Å². The Morgan fingerprint density at radius 3 is 2.22 bits per heavy atom. The number of carbonyl (C=O) groups is 2. The van der Waals surface area contributed by atoms with E-state index in [0.29, 0.717) is 39.1 Å². The molecule has 0 spiro atoms. The summed E-state index contributed by atoms with van der Waals surface area (Å²) in [6.07, 6.45) is 0.726. The van der Waals surface area contributed by atoms with E-state index in [1.807, 2.05) is 29.2 Å². The first-order valence-electron chi connectivity index (χ1n) is 10.7. The quantitative estimate of drug-likeness (QED) is 0.584. The van der Waals surface area contributed by atoms with E-state index in [4.69, 9.17) is 4.74 Å². The minimum absolute atomic E-state index is 0.146. The third-order valence-electron chi connectivity index (χ3n) is 6.10. The molecule has 2 amide bonds. The van der Waals surface area contributed by atoms with Crippen molar-refractivity contribution in [3.8, 4) is 5.75 Å². The Morgan fingerprint density at radius 2 is 1.59 bits per heavy atom. The van der Waals surface area contributed by atoms with Crippen LogP contribution in [0.25, 0.3) is 0 Å². The van der Waals surface area contributed by atoms with Gasteiger partial charge in [-0.3, -0.25) is 19.4 Å². The summed E-state index contributed by atoms with van der Waals surface area (Å²) in [7, 11) is -1.95. The molecule has 0 saturated carbocycles. The SMILES string of the molecule is COc1ccc(CCN2C(=O)C[C@@H](N3CCN(S(=O)(=O)c4ccccc4)CC3)C2=O)cc1. The number of hydrogen-bond acceptors (Lipinski definition) is 6. The van der Waals surface area contributed by atoms with E-state index < -0.39 is 16.1 Å². The average Bonchev–Trinajstić information content (AvgIpc) is 3.11. The Hall–Kier alpha value is -2.75. The van der Waals surface area contributed by atoms with Crippen molar-refractivity contribution in [1.82, 2.24) is 14.1 Å². The van der Waals surface area contributed by atoms with Crippen LogP contribution in [-0.2, 0) is 26.0 Å². The minimum atomic E-state index is -3.55. The number of amides is 2. The molecular formula is C23H27N3O5S. The minimum Gasteiger partial charge on any atom is -0.497 e. The van der Waals surface area contributed by atoms with Crippen LogP contribution in [0.2, 0.25) is 0 Å². The smallest absolute Gasteiger partial charge is 0.247 e.